The SMILES string of the molecule is COc1ccc(CNC(=O)/C(C#N)=C/c2ccc(OCc3cccc([N+](=O)[O-])c3)c(Cl)c2)c(OC)c1. The topological polar surface area (TPSA) is 124 Å². The molecule has 0 fully saturated rings. The van der Waals surface area contributed by atoms with Crippen LogP contribution in [0.5, 0.6) is 17.2 Å². The molecular weight excluding hydrogens is 486 g/mol. The van der Waals surface area contributed by atoms with E-state index in [1.165, 1.54) is 25.3 Å². The van der Waals surface area contributed by atoms with E-state index in [-0.39, 0.29) is 29.4 Å². The standard InChI is InChI=1S/C26H22ClN3O6/c1-34-22-8-7-19(25(13-22)35-2)15-29-26(31)20(14-28)10-17-6-9-24(23(27)12-17)36-16-18-4-3-5-21(11-18)30(32)33/h3-13H,15-16H2,1-2H3,(H,29,31)/b20-10+. The Morgan fingerprint density at radius 1 is 1.11 bits per heavy atom. The highest BCUT2D eigenvalue weighted by Crippen LogP contribution is 2.28. The molecule has 0 atom stereocenters. The van der Waals surface area contributed by atoms with Crippen molar-refractivity contribution in [3.8, 4) is 23.3 Å². The van der Waals surface area contributed by atoms with E-state index in [9.17, 15) is 20.2 Å². The van der Waals surface area contributed by atoms with Crippen LogP contribution in [-0.4, -0.2) is 25.1 Å². The number of hydrogen-bond acceptors (Lipinski definition) is 7. The maximum absolute atomic E-state index is 12.6. The lowest BCUT2D eigenvalue weighted by Gasteiger charge is -2.11. The number of carbonyl (C=O) groups is 1. The normalized spacial score (nSPS) is 10.8. The molecular formula is C26H22ClN3O6. The van der Waals surface area contributed by atoms with Crippen molar-refractivity contribution in [1.82, 2.24) is 5.32 Å². The van der Waals surface area contributed by atoms with Gasteiger partial charge in [0.2, 0.25) is 0 Å². The summed E-state index contributed by atoms with van der Waals surface area (Å²) in [6.45, 7) is 0.230. The number of ether oxygens (including phenoxy) is 3. The number of amides is 1. The van der Waals surface area contributed by atoms with Crippen molar-refractivity contribution in [3.05, 3.63) is 98.1 Å². The van der Waals surface area contributed by atoms with Gasteiger partial charge in [-0.05, 0) is 41.5 Å². The molecule has 0 unspecified atom stereocenters. The summed E-state index contributed by atoms with van der Waals surface area (Å²) in [7, 11) is 3.06. The molecule has 1 N–H and O–H groups in total. The fraction of sp³-hybridized carbons (Fsp3) is 0.154. The molecule has 0 aliphatic heterocycles. The van der Waals surface area contributed by atoms with Crippen molar-refractivity contribution in [1.29, 1.82) is 5.26 Å². The number of nitrogens with zero attached hydrogens (tertiary/aromatic N) is 2. The van der Waals surface area contributed by atoms with Crippen molar-refractivity contribution in [2.75, 3.05) is 14.2 Å². The Balaban J connectivity index is 1.67. The first-order valence-corrected chi connectivity index (χ1v) is 11.0. The van der Waals surface area contributed by atoms with Crippen LogP contribution < -0.4 is 19.5 Å². The van der Waals surface area contributed by atoms with Crippen molar-refractivity contribution in [3.63, 3.8) is 0 Å². The first kappa shape index (κ1) is 26.1. The lowest BCUT2D eigenvalue weighted by Crippen LogP contribution is -2.24. The Hall–Kier alpha value is -4.55. The van der Waals surface area contributed by atoms with Crippen LogP contribution in [-0.2, 0) is 17.9 Å². The van der Waals surface area contributed by atoms with E-state index in [1.54, 1.807) is 55.6 Å². The summed E-state index contributed by atoms with van der Waals surface area (Å²) < 4.78 is 16.2. The van der Waals surface area contributed by atoms with E-state index in [0.717, 1.165) is 5.56 Å². The molecule has 36 heavy (non-hydrogen) atoms. The molecule has 0 aliphatic rings. The van der Waals surface area contributed by atoms with Crippen LogP contribution in [0.1, 0.15) is 16.7 Å². The largest absolute Gasteiger partial charge is 0.497 e. The van der Waals surface area contributed by atoms with Gasteiger partial charge in [0.15, 0.2) is 0 Å². The van der Waals surface area contributed by atoms with Crippen molar-refractivity contribution in [2.24, 2.45) is 0 Å². The number of carbonyl (C=O) groups excluding carboxylic acids is 1. The van der Waals surface area contributed by atoms with E-state index in [4.69, 9.17) is 25.8 Å². The summed E-state index contributed by atoms with van der Waals surface area (Å²) in [6.07, 6.45) is 1.41. The van der Waals surface area contributed by atoms with Gasteiger partial charge < -0.3 is 19.5 Å². The van der Waals surface area contributed by atoms with E-state index >= 15 is 0 Å². The van der Waals surface area contributed by atoms with Gasteiger partial charge in [0.25, 0.3) is 11.6 Å². The maximum Gasteiger partial charge on any atom is 0.269 e. The summed E-state index contributed by atoms with van der Waals surface area (Å²) in [6, 6.07) is 18.0. The predicted molar refractivity (Wildman–Crippen MR) is 134 cm³/mol. The Kier molecular flexibility index (Phi) is 8.86. The van der Waals surface area contributed by atoms with Gasteiger partial charge in [0.05, 0.1) is 24.2 Å². The Bertz CT molecular complexity index is 1350. The summed E-state index contributed by atoms with van der Waals surface area (Å²) in [5.41, 5.74) is 1.72. The first-order chi connectivity index (χ1) is 17.3. The number of nitro benzene ring substituents is 1. The molecule has 0 bridgehead atoms. The fourth-order valence-corrected chi connectivity index (χ4v) is 3.47. The molecule has 3 aromatic rings. The molecule has 0 aromatic heterocycles. The van der Waals surface area contributed by atoms with E-state index in [0.29, 0.717) is 28.4 Å². The fourth-order valence-electron chi connectivity index (χ4n) is 3.23. The minimum atomic E-state index is -0.558. The molecule has 0 aliphatic carbocycles. The van der Waals surface area contributed by atoms with E-state index < -0.39 is 10.8 Å². The molecule has 0 spiro atoms. The molecule has 9 nitrogen and oxygen atoms in total. The van der Waals surface area contributed by atoms with Crippen molar-refractivity contribution in [2.45, 2.75) is 13.2 Å². The summed E-state index contributed by atoms with van der Waals surface area (Å²) in [5.74, 6) is 0.964. The second-order valence-electron chi connectivity index (χ2n) is 7.44. The van der Waals surface area contributed by atoms with Crippen LogP contribution in [0.3, 0.4) is 0 Å². The molecule has 3 rings (SSSR count). The third-order valence-electron chi connectivity index (χ3n) is 5.08. The summed E-state index contributed by atoms with van der Waals surface area (Å²) in [5, 5.41) is 23.4. The molecule has 0 saturated carbocycles. The van der Waals surface area contributed by atoms with Gasteiger partial charge >= 0.3 is 0 Å². The molecule has 184 valence electrons. The third kappa shape index (κ3) is 6.74. The Morgan fingerprint density at radius 3 is 2.58 bits per heavy atom. The van der Waals surface area contributed by atoms with Crippen LogP contribution in [0, 0.1) is 21.4 Å². The molecule has 3 aromatic carbocycles. The van der Waals surface area contributed by atoms with Crippen LogP contribution in [0.2, 0.25) is 5.02 Å². The Labute approximate surface area is 212 Å². The van der Waals surface area contributed by atoms with Crippen LogP contribution >= 0.6 is 11.6 Å². The minimum Gasteiger partial charge on any atom is -0.497 e. The molecule has 0 saturated heterocycles. The second kappa shape index (κ2) is 12.2. The highest BCUT2D eigenvalue weighted by atomic mass is 35.5. The molecule has 10 heteroatoms. The van der Waals surface area contributed by atoms with Crippen molar-refractivity contribution < 1.29 is 23.9 Å². The van der Waals surface area contributed by atoms with Gasteiger partial charge in [-0.3, -0.25) is 14.9 Å². The average Bonchev–Trinajstić information content (AvgIpc) is 2.89. The predicted octanol–water partition coefficient (Wildman–Crippen LogP) is 5.07. The number of benzene rings is 3. The second-order valence-corrected chi connectivity index (χ2v) is 7.84. The number of rotatable bonds is 10. The van der Waals surface area contributed by atoms with Crippen LogP contribution in [0.25, 0.3) is 6.08 Å². The number of hydrogen-bond donors (Lipinski definition) is 1. The molecule has 0 heterocycles. The third-order valence-corrected chi connectivity index (χ3v) is 5.38. The quantitative estimate of drug-likeness (QED) is 0.176. The summed E-state index contributed by atoms with van der Waals surface area (Å²) >= 11 is 6.31. The van der Waals surface area contributed by atoms with Gasteiger partial charge in [0, 0.05) is 30.3 Å². The number of nitrogens with one attached hydrogen (secondary N) is 1. The van der Waals surface area contributed by atoms with Gasteiger partial charge in [-0.2, -0.15) is 5.26 Å². The number of nitriles is 1. The van der Waals surface area contributed by atoms with Gasteiger partial charge in [-0.15, -0.1) is 0 Å². The zero-order valence-electron chi connectivity index (χ0n) is 19.5. The number of halogens is 1. The summed E-state index contributed by atoms with van der Waals surface area (Å²) in [4.78, 5) is 23.0. The number of methoxy groups -OCH3 is 2. The van der Waals surface area contributed by atoms with Gasteiger partial charge in [-0.25, -0.2) is 0 Å². The maximum atomic E-state index is 12.6. The van der Waals surface area contributed by atoms with Gasteiger partial charge in [0.1, 0.15) is 35.5 Å². The number of non-ortho nitro benzene ring substituents is 1. The van der Waals surface area contributed by atoms with Crippen molar-refractivity contribution >= 4 is 29.3 Å². The van der Waals surface area contributed by atoms with E-state index in [2.05, 4.69) is 5.32 Å². The van der Waals surface area contributed by atoms with Crippen LogP contribution in [0.15, 0.2) is 66.2 Å². The lowest BCUT2D eigenvalue weighted by atomic mass is 10.1. The van der Waals surface area contributed by atoms with E-state index in [1.807, 2.05) is 6.07 Å². The van der Waals surface area contributed by atoms with Gasteiger partial charge in [-0.1, -0.05) is 29.8 Å². The monoisotopic (exact) mass is 507 g/mol. The first-order valence-electron chi connectivity index (χ1n) is 10.6. The average molecular weight is 508 g/mol. The molecule has 1 amide bonds. The number of nitro groups is 1. The highest BCUT2D eigenvalue weighted by molar-refractivity contribution is 6.32. The Morgan fingerprint density at radius 2 is 1.92 bits per heavy atom. The van der Waals surface area contributed by atoms with Crippen LogP contribution in [0.4, 0.5) is 5.69 Å². The highest BCUT2D eigenvalue weighted by Gasteiger charge is 2.13. The smallest absolute Gasteiger partial charge is 0.269 e. The zero-order valence-corrected chi connectivity index (χ0v) is 20.2. The minimum absolute atomic E-state index is 0.0320. The molecule has 0 radical (unpaired) electrons. The zero-order chi connectivity index (χ0) is 26.1. The lowest BCUT2D eigenvalue weighted by molar-refractivity contribution is -0.384.